The minimum absolute atomic E-state index is 0.236. The van der Waals surface area contributed by atoms with Crippen molar-refractivity contribution < 1.29 is 13.9 Å². The van der Waals surface area contributed by atoms with Gasteiger partial charge in [-0.15, -0.1) is 0 Å². The molecular weight excluding hydrogens is 345 g/mol. The van der Waals surface area contributed by atoms with Crippen LogP contribution in [0.1, 0.15) is 24.1 Å². The summed E-state index contributed by atoms with van der Waals surface area (Å²) in [6.07, 6.45) is 7.59. The number of nitrogens with zero attached hydrogens (tertiary/aromatic N) is 2. The summed E-state index contributed by atoms with van der Waals surface area (Å²) < 4.78 is 18.8. The van der Waals surface area contributed by atoms with Gasteiger partial charge in [-0.3, -0.25) is 9.78 Å². The molecule has 6 heteroatoms. The van der Waals surface area contributed by atoms with Gasteiger partial charge in [0.05, 0.1) is 12.2 Å². The van der Waals surface area contributed by atoms with E-state index in [0.717, 1.165) is 5.56 Å². The molecule has 1 heterocycles. The molecule has 0 saturated carbocycles. The molecule has 0 bridgehead atoms. The summed E-state index contributed by atoms with van der Waals surface area (Å²) in [6, 6.07) is 13.2. The Morgan fingerprint density at radius 2 is 2.04 bits per heavy atom. The van der Waals surface area contributed by atoms with Gasteiger partial charge >= 0.3 is 0 Å². The minimum atomic E-state index is -0.342. The highest BCUT2D eigenvalue weighted by Gasteiger charge is 2.09. The van der Waals surface area contributed by atoms with Gasteiger partial charge < -0.3 is 10.1 Å². The molecule has 2 aromatic carbocycles. The Hall–Kier alpha value is -3.54. The Kier molecular flexibility index (Phi) is 5.89. The molecule has 0 unspecified atom stereocenters. The first kappa shape index (κ1) is 18.3. The zero-order valence-electron chi connectivity index (χ0n) is 14.7. The van der Waals surface area contributed by atoms with Crippen molar-refractivity contribution in [1.82, 2.24) is 15.3 Å². The predicted octanol–water partition coefficient (Wildman–Crippen LogP) is 4.30. The van der Waals surface area contributed by atoms with Gasteiger partial charge in [0.2, 0.25) is 11.8 Å². The summed E-state index contributed by atoms with van der Waals surface area (Å²) in [5.41, 5.74) is 1.50. The van der Waals surface area contributed by atoms with E-state index >= 15 is 0 Å². The SMILES string of the molecule is C[C@H](NC(=O)C=Cc1cccc(F)c1)c1cccc(Oc2cnccn2)c1. The molecule has 0 radical (unpaired) electrons. The molecular formula is C21H18FN3O2. The van der Waals surface area contributed by atoms with Crippen LogP contribution < -0.4 is 10.1 Å². The van der Waals surface area contributed by atoms with Crippen LogP contribution in [0.3, 0.4) is 0 Å². The first-order valence-corrected chi connectivity index (χ1v) is 8.38. The van der Waals surface area contributed by atoms with Crippen molar-refractivity contribution in [3.05, 3.63) is 90.1 Å². The maximum Gasteiger partial charge on any atom is 0.244 e. The van der Waals surface area contributed by atoms with E-state index in [1.54, 1.807) is 36.7 Å². The second-order valence-electron chi connectivity index (χ2n) is 5.84. The van der Waals surface area contributed by atoms with Crippen LogP contribution in [0.25, 0.3) is 6.08 Å². The molecule has 0 fully saturated rings. The van der Waals surface area contributed by atoms with Crippen LogP contribution in [0.15, 0.2) is 73.2 Å². The second-order valence-corrected chi connectivity index (χ2v) is 5.84. The van der Waals surface area contributed by atoms with Crippen LogP contribution in [0.2, 0.25) is 0 Å². The van der Waals surface area contributed by atoms with Gasteiger partial charge in [-0.1, -0.05) is 24.3 Å². The number of hydrogen-bond acceptors (Lipinski definition) is 4. The van der Waals surface area contributed by atoms with Crippen molar-refractivity contribution in [2.24, 2.45) is 0 Å². The molecule has 0 aliphatic rings. The monoisotopic (exact) mass is 363 g/mol. The number of amides is 1. The number of nitrogens with one attached hydrogen (secondary N) is 1. The van der Waals surface area contributed by atoms with E-state index in [1.807, 2.05) is 25.1 Å². The molecule has 0 aliphatic heterocycles. The zero-order valence-corrected chi connectivity index (χ0v) is 14.7. The predicted molar refractivity (Wildman–Crippen MR) is 101 cm³/mol. The third kappa shape index (κ3) is 5.47. The maximum absolute atomic E-state index is 13.2. The van der Waals surface area contributed by atoms with E-state index in [0.29, 0.717) is 17.2 Å². The van der Waals surface area contributed by atoms with Crippen LogP contribution in [0, 0.1) is 5.82 Å². The Morgan fingerprint density at radius 1 is 1.19 bits per heavy atom. The molecule has 136 valence electrons. The molecule has 3 aromatic rings. The Bertz CT molecular complexity index is 945. The van der Waals surface area contributed by atoms with Gasteiger partial charge in [0.25, 0.3) is 0 Å². The van der Waals surface area contributed by atoms with Crippen molar-refractivity contribution in [3.8, 4) is 11.6 Å². The lowest BCUT2D eigenvalue weighted by molar-refractivity contribution is -0.117. The number of halogens is 1. The van der Waals surface area contributed by atoms with Crippen LogP contribution in [-0.4, -0.2) is 15.9 Å². The van der Waals surface area contributed by atoms with Crippen molar-refractivity contribution in [2.45, 2.75) is 13.0 Å². The summed E-state index contributed by atoms with van der Waals surface area (Å²) in [5.74, 6) is 0.381. The van der Waals surface area contributed by atoms with Gasteiger partial charge in [0.1, 0.15) is 11.6 Å². The lowest BCUT2D eigenvalue weighted by Gasteiger charge is -2.14. The lowest BCUT2D eigenvalue weighted by Crippen LogP contribution is -2.24. The van der Waals surface area contributed by atoms with Gasteiger partial charge in [0, 0.05) is 18.5 Å². The first-order chi connectivity index (χ1) is 13.1. The number of aromatic nitrogens is 2. The normalized spacial score (nSPS) is 11.9. The molecule has 3 rings (SSSR count). The topological polar surface area (TPSA) is 64.1 Å². The number of carbonyl (C=O) groups is 1. The van der Waals surface area contributed by atoms with Crippen molar-refractivity contribution in [2.75, 3.05) is 0 Å². The molecule has 1 aromatic heterocycles. The van der Waals surface area contributed by atoms with E-state index in [-0.39, 0.29) is 17.8 Å². The van der Waals surface area contributed by atoms with Gasteiger partial charge in [-0.05, 0) is 48.4 Å². The average Bonchev–Trinajstić information content (AvgIpc) is 2.67. The van der Waals surface area contributed by atoms with E-state index in [4.69, 9.17) is 4.74 Å². The molecule has 27 heavy (non-hydrogen) atoms. The zero-order chi connectivity index (χ0) is 19.1. The third-order valence-corrected chi connectivity index (χ3v) is 3.75. The van der Waals surface area contributed by atoms with Crippen LogP contribution >= 0.6 is 0 Å². The molecule has 5 nitrogen and oxygen atoms in total. The summed E-state index contributed by atoms with van der Waals surface area (Å²) in [4.78, 5) is 20.1. The molecule has 0 spiro atoms. The highest BCUT2D eigenvalue weighted by molar-refractivity contribution is 5.91. The average molecular weight is 363 g/mol. The third-order valence-electron chi connectivity index (χ3n) is 3.75. The Balaban J connectivity index is 1.62. The smallest absolute Gasteiger partial charge is 0.244 e. The number of rotatable bonds is 6. The fraction of sp³-hybridized carbons (Fsp3) is 0.0952. The quantitative estimate of drug-likeness (QED) is 0.663. The van der Waals surface area contributed by atoms with Crippen molar-refractivity contribution in [3.63, 3.8) is 0 Å². The minimum Gasteiger partial charge on any atom is -0.437 e. The standard InChI is InChI=1S/C21H18FN3O2/c1-15(25-20(26)9-8-16-4-2-6-18(22)12-16)17-5-3-7-19(13-17)27-21-14-23-10-11-24-21/h2-15H,1H3,(H,25,26)/t15-/m0/s1. The van der Waals surface area contributed by atoms with Crippen LogP contribution in [-0.2, 0) is 4.79 Å². The lowest BCUT2D eigenvalue weighted by atomic mass is 10.1. The summed E-state index contributed by atoms with van der Waals surface area (Å²) >= 11 is 0. The summed E-state index contributed by atoms with van der Waals surface area (Å²) in [7, 11) is 0. The number of hydrogen-bond donors (Lipinski definition) is 1. The fourth-order valence-corrected chi connectivity index (χ4v) is 2.43. The first-order valence-electron chi connectivity index (χ1n) is 8.38. The largest absolute Gasteiger partial charge is 0.437 e. The van der Waals surface area contributed by atoms with Crippen molar-refractivity contribution in [1.29, 1.82) is 0 Å². The number of ether oxygens (including phenoxy) is 1. The number of carbonyl (C=O) groups excluding carboxylic acids is 1. The maximum atomic E-state index is 13.2. The van der Waals surface area contributed by atoms with Crippen LogP contribution in [0.4, 0.5) is 4.39 Å². The van der Waals surface area contributed by atoms with Crippen molar-refractivity contribution >= 4 is 12.0 Å². The highest BCUT2D eigenvalue weighted by atomic mass is 19.1. The van der Waals surface area contributed by atoms with Gasteiger partial charge in [-0.2, -0.15) is 0 Å². The van der Waals surface area contributed by atoms with E-state index in [1.165, 1.54) is 24.4 Å². The molecule has 1 atom stereocenters. The Labute approximate surface area is 156 Å². The summed E-state index contributed by atoms with van der Waals surface area (Å²) in [6.45, 7) is 1.87. The molecule has 1 amide bonds. The summed E-state index contributed by atoms with van der Waals surface area (Å²) in [5, 5.41) is 2.87. The number of benzene rings is 2. The molecule has 0 saturated heterocycles. The molecule has 1 N–H and O–H groups in total. The fourth-order valence-electron chi connectivity index (χ4n) is 2.43. The van der Waals surface area contributed by atoms with Crippen LogP contribution in [0.5, 0.6) is 11.6 Å². The second kappa shape index (κ2) is 8.71. The van der Waals surface area contributed by atoms with E-state index in [9.17, 15) is 9.18 Å². The van der Waals surface area contributed by atoms with E-state index < -0.39 is 0 Å². The highest BCUT2D eigenvalue weighted by Crippen LogP contribution is 2.22. The Morgan fingerprint density at radius 3 is 2.81 bits per heavy atom. The molecule has 0 aliphatic carbocycles. The van der Waals surface area contributed by atoms with Gasteiger partial charge in [-0.25, -0.2) is 9.37 Å². The van der Waals surface area contributed by atoms with Gasteiger partial charge in [0.15, 0.2) is 0 Å². The van der Waals surface area contributed by atoms with E-state index in [2.05, 4.69) is 15.3 Å².